The number of fused-ring (bicyclic) bond motifs is 2. The molecule has 0 saturated carbocycles. The van der Waals surface area contributed by atoms with E-state index in [0.717, 1.165) is 88.2 Å². The summed E-state index contributed by atoms with van der Waals surface area (Å²) < 4.78 is 2.09. The molecule has 2 aliphatic rings. The van der Waals surface area contributed by atoms with E-state index in [9.17, 15) is 9.59 Å². The number of nitrogens with zero attached hydrogens (tertiary/aromatic N) is 5. The van der Waals surface area contributed by atoms with E-state index in [1.165, 1.54) is 0 Å². The van der Waals surface area contributed by atoms with Crippen molar-refractivity contribution in [3.8, 4) is 0 Å². The molecule has 0 unspecified atom stereocenters. The first-order valence-corrected chi connectivity index (χ1v) is 13.1. The number of carbonyl (C=O) groups is 2. The third kappa shape index (κ3) is 4.56. The lowest BCUT2D eigenvalue weighted by Crippen LogP contribution is -2.32. The smallest absolute Gasteiger partial charge is 0.241 e. The Balaban J connectivity index is 1.35. The lowest BCUT2D eigenvalue weighted by atomic mass is 10.2. The zero-order valence-electron chi connectivity index (χ0n) is 19.0. The van der Waals surface area contributed by atoms with Crippen LogP contribution in [0.2, 0.25) is 0 Å². The predicted molar refractivity (Wildman–Crippen MR) is 136 cm³/mol. The number of carbonyl (C=O) groups excluding carboxylic acids is 2. The number of hydrogen-bond acceptors (Lipinski definition) is 9. The maximum Gasteiger partial charge on any atom is 0.241 e. The second-order valence-electron chi connectivity index (χ2n) is 8.73. The van der Waals surface area contributed by atoms with Crippen LogP contribution in [0.3, 0.4) is 0 Å². The van der Waals surface area contributed by atoms with E-state index in [4.69, 9.17) is 9.97 Å². The minimum atomic E-state index is 0.126. The van der Waals surface area contributed by atoms with Gasteiger partial charge < -0.3 is 25.3 Å². The number of likely N-dealkylation sites (tertiary alicyclic amines) is 2. The van der Waals surface area contributed by atoms with Crippen molar-refractivity contribution in [2.24, 2.45) is 0 Å². The Kier molecular flexibility index (Phi) is 6.24. The highest BCUT2D eigenvalue weighted by atomic mass is 32.1. The SMILES string of the molecule is CN(C)c1c2nc(NCC(=O)N3CCCC3)sc2cc2sc(NCC(=O)N3CCCC3)nc12. The first kappa shape index (κ1) is 22.1. The van der Waals surface area contributed by atoms with E-state index in [2.05, 4.69) is 16.7 Å². The molecule has 4 heterocycles. The minimum Gasteiger partial charge on any atom is -0.374 e. The van der Waals surface area contributed by atoms with E-state index in [-0.39, 0.29) is 24.9 Å². The number of nitrogens with one attached hydrogen (secondary N) is 2. The van der Waals surface area contributed by atoms with E-state index in [1.807, 2.05) is 28.8 Å². The number of amides is 2. The predicted octanol–water partition coefficient (Wildman–Crippen LogP) is 3.04. The Labute approximate surface area is 200 Å². The molecule has 0 atom stereocenters. The highest BCUT2D eigenvalue weighted by Gasteiger charge is 2.21. The van der Waals surface area contributed by atoms with Gasteiger partial charge in [-0.15, -0.1) is 0 Å². The molecule has 0 aliphatic carbocycles. The van der Waals surface area contributed by atoms with Crippen molar-refractivity contribution in [2.45, 2.75) is 25.7 Å². The number of hydrogen-bond donors (Lipinski definition) is 2. The van der Waals surface area contributed by atoms with Crippen LogP contribution in [0.4, 0.5) is 16.0 Å². The maximum absolute atomic E-state index is 12.4. The third-order valence-corrected chi connectivity index (χ3v) is 8.08. The zero-order valence-corrected chi connectivity index (χ0v) is 20.7. The van der Waals surface area contributed by atoms with Crippen molar-refractivity contribution in [1.82, 2.24) is 19.8 Å². The summed E-state index contributed by atoms with van der Waals surface area (Å²) in [6.07, 6.45) is 4.36. The first-order valence-electron chi connectivity index (χ1n) is 11.4. The summed E-state index contributed by atoms with van der Waals surface area (Å²) in [5.74, 6) is 0.253. The average Bonchev–Trinajstić information content (AvgIpc) is 3.59. The van der Waals surface area contributed by atoms with Gasteiger partial charge in [-0.1, -0.05) is 22.7 Å². The zero-order chi connectivity index (χ0) is 22.9. The first-order chi connectivity index (χ1) is 16.0. The number of aromatic nitrogens is 2. The molecule has 2 aliphatic heterocycles. The van der Waals surface area contributed by atoms with Gasteiger partial charge in [-0.2, -0.15) is 0 Å². The molecule has 0 bridgehead atoms. The summed E-state index contributed by atoms with van der Waals surface area (Å²) in [4.78, 5) is 40.2. The number of anilines is 3. The van der Waals surface area contributed by atoms with Gasteiger partial charge >= 0.3 is 0 Å². The van der Waals surface area contributed by atoms with Gasteiger partial charge in [0.1, 0.15) is 11.0 Å². The fraction of sp³-hybridized carbons (Fsp3) is 0.545. The Hall–Kier alpha value is -2.66. The molecular weight excluding hydrogens is 458 g/mol. The van der Waals surface area contributed by atoms with Crippen LogP contribution in [-0.4, -0.2) is 84.9 Å². The molecule has 33 heavy (non-hydrogen) atoms. The molecule has 5 rings (SSSR count). The molecule has 0 spiro atoms. The highest BCUT2D eigenvalue weighted by molar-refractivity contribution is 7.24. The topological polar surface area (TPSA) is 93.7 Å². The molecule has 11 heteroatoms. The molecule has 2 fully saturated rings. The highest BCUT2D eigenvalue weighted by Crippen LogP contribution is 2.41. The van der Waals surface area contributed by atoms with Crippen molar-refractivity contribution in [1.29, 1.82) is 0 Å². The number of rotatable bonds is 7. The van der Waals surface area contributed by atoms with Crippen molar-refractivity contribution in [3.63, 3.8) is 0 Å². The Morgan fingerprint density at radius 1 is 0.848 bits per heavy atom. The molecule has 2 aromatic heterocycles. The van der Waals surface area contributed by atoms with E-state index in [0.29, 0.717) is 0 Å². The van der Waals surface area contributed by atoms with Crippen LogP contribution < -0.4 is 15.5 Å². The Morgan fingerprint density at radius 2 is 1.27 bits per heavy atom. The summed E-state index contributed by atoms with van der Waals surface area (Å²) in [6.45, 7) is 3.95. The quantitative estimate of drug-likeness (QED) is 0.529. The van der Waals surface area contributed by atoms with Gasteiger partial charge in [0.25, 0.3) is 0 Å². The summed E-state index contributed by atoms with van der Waals surface area (Å²) in [5, 5.41) is 7.93. The van der Waals surface area contributed by atoms with Crippen LogP contribution in [0.25, 0.3) is 20.4 Å². The molecule has 176 valence electrons. The molecule has 0 radical (unpaired) electrons. The summed E-state index contributed by atoms with van der Waals surface area (Å²) in [5.41, 5.74) is 2.70. The van der Waals surface area contributed by atoms with Crippen LogP contribution in [0.15, 0.2) is 6.07 Å². The van der Waals surface area contributed by atoms with Gasteiger partial charge in [0.15, 0.2) is 10.3 Å². The van der Waals surface area contributed by atoms with Crippen molar-refractivity contribution < 1.29 is 9.59 Å². The van der Waals surface area contributed by atoms with Crippen LogP contribution in [0, 0.1) is 0 Å². The fourth-order valence-electron chi connectivity index (χ4n) is 4.46. The standard InChI is InChI=1S/C22H29N7O2S2/c1-27(2)20-18-14(32-21(25-18)23-12-16(30)28-7-3-4-8-28)11-15-19(20)26-22(33-15)24-13-17(31)29-9-5-6-10-29/h11H,3-10,12-13H2,1-2H3,(H,23,25)(H,24,26). The largest absolute Gasteiger partial charge is 0.374 e. The fourth-order valence-corrected chi connectivity index (χ4v) is 6.35. The second-order valence-corrected chi connectivity index (χ2v) is 10.8. The van der Waals surface area contributed by atoms with Gasteiger partial charge in [-0.05, 0) is 31.7 Å². The van der Waals surface area contributed by atoms with E-state index < -0.39 is 0 Å². The lowest BCUT2D eigenvalue weighted by Gasteiger charge is -2.15. The van der Waals surface area contributed by atoms with Gasteiger partial charge in [-0.25, -0.2) is 9.97 Å². The molecule has 2 N–H and O–H groups in total. The normalized spacial score (nSPS) is 16.2. The summed E-state index contributed by atoms with van der Waals surface area (Å²) >= 11 is 3.10. The molecule has 2 amide bonds. The number of benzene rings is 1. The summed E-state index contributed by atoms with van der Waals surface area (Å²) in [6, 6.07) is 2.11. The average molecular weight is 488 g/mol. The van der Waals surface area contributed by atoms with Gasteiger partial charge in [0, 0.05) is 40.3 Å². The second kappa shape index (κ2) is 9.30. The van der Waals surface area contributed by atoms with Crippen LogP contribution >= 0.6 is 22.7 Å². The molecule has 1 aromatic carbocycles. The molecule has 3 aromatic rings. The Bertz CT molecular complexity index is 1090. The minimum absolute atomic E-state index is 0.126. The van der Waals surface area contributed by atoms with Crippen LogP contribution in [0.5, 0.6) is 0 Å². The number of thiazole rings is 2. The molecule has 9 nitrogen and oxygen atoms in total. The molecule has 2 saturated heterocycles. The van der Waals surface area contributed by atoms with Gasteiger partial charge in [0.05, 0.1) is 28.2 Å². The Morgan fingerprint density at radius 3 is 1.67 bits per heavy atom. The monoisotopic (exact) mass is 487 g/mol. The van der Waals surface area contributed by atoms with E-state index >= 15 is 0 Å². The summed E-state index contributed by atoms with van der Waals surface area (Å²) in [7, 11) is 3.97. The van der Waals surface area contributed by atoms with Crippen molar-refractivity contribution in [2.75, 3.05) is 68.9 Å². The van der Waals surface area contributed by atoms with Crippen molar-refractivity contribution >= 4 is 70.9 Å². The van der Waals surface area contributed by atoms with Crippen LogP contribution in [0.1, 0.15) is 25.7 Å². The molecular formula is C22H29N7O2S2. The van der Waals surface area contributed by atoms with Crippen molar-refractivity contribution in [3.05, 3.63) is 6.07 Å². The third-order valence-electron chi connectivity index (χ3n) is 6.16. The van der Waals surface area contributed by atoms with Crippen LogP contribution in [-0.2, 0) is 9.59 Å². The van der Waals surface area contributed by atoms with E-state index in [1.54, 1.807) is 22.7 Å². The maximum atomic E-state index is 12.4. The van der Waals surface area contributed by atoms with Gasteiger partial charge in [-0.3, -0.25) is 9.59 Å². The van der Waals surface area contributed by atoms with Gasteiger partial charge in [0.2, 0.25) is 11.8 Å². The lowest BCUT2D eigenvalue weighted by molar-refractivity contribution is -0.129.